The van der Waals surface area contributed by atoms with Crippen LogP contribution in [0.3, 0.4) is 0 Å². The summed E-state index contributed by atoms with van der Waals surface area (Å²) in [6, 6.07) is 17.0. The van der Waals surface area contributed by atoms with Gasteiger partial charge in [-0.1, -0.05) is 35.5 Å². The van der Waals surface area contributed by atoms with Crippen LogP contribution in [0.15, 0.2) is 59.8 Å². The average Bonchev–Trinajstić information content (AvgIpc) is 3.19. The van der Waals surface area contributed by atoms with Crippen molar-refractivity contribution < 1.29 is 14.7 Å². The predicted molar refractivity (Wildman–Crippen MR) is 99.2 cm³/mol. The van der Waals surface area contributed by atoms with Crippen LogP contribution in [0.2, 0.25) is 0 Å². The normalized spacial score (nSPS) is 19.8. The van der Waals surface area contributed by atoms with E-state index in [1.165, 1.54) is 0 Å². The smallest absolute Gasteiger partial charge is 0.271 e. The van der Waals surface area contributed by atoms with Gasteiger partial charge < -0.3 is 19.7 Å². The minimum absolute atomic E-state index is 0.0335. The van der Waals surface area contributed by atoms with Gasteiger partial charge in [-0.15, -0.1) is 0 Å². The Morgan fingerprint density at radius 3 is 2.38 bits per heavy atom. The Morgan fingerprint density at radius 1 is 1.00 bits per heavy atom. The van der Waals surface area contributed by atoms with Crippen molar-refractivity contribution in [1.29, 1.82) is 0 Å². The number of rotatable bonds is 3. The highest BCUT2D eigenvalue weighted by atomic mass is 16.6. The van der Waals surface area contributed by atoms with E-state index in [0.29, 0.717) is 25.2 Å². The van der Waals surface area contributed by atoms with Crippen LogP contribution in [0.4, 0.5) is 5.69 Å². The molecule has 1 saturated heterocycles. The van der Waals surface area contributed by atoms with Crippen LogP contribution < -0.4 is 4.90 Å². The van der Waals surface area contributed by atoms with E-state index < -0.39 is 0 Å². The summed E-state index contributed by atoms with van der Waals surface area (Å²) in [6.45, 7) is 2.81. The molecule has 4 rings (SSSR count). The second kappa shape index (κ2) is 7.07. The van der Waals surface area contributed by atoms with E-state index in [9.17, 15) is 9.90 Å². The number of carbonyl (C=O) groups is 1. The number of carbonyl (C=O) groups excluding carboxylic acids is 1. The highest BCUT2D eigenvalue weighted by Gasteiger charge is 2.31. The number of oxime groups is 1. The van der Waals surface area contributed by atoms with Crippen LogP contribution in [-0.2, 0) is 9.63 Å². The van der Waals surface area contributed by atoms with Crippen molar-refractivity contribution in [2.45, 2.75) is 12.5 Å². The summed E-state index contributed by atoms with van der Waals surface area (Å²) >= 11 is 0. The molecule has 2 aromatic rings. The molecule has 1 fully saturated rings. The molecule has 6 nitrogen and oxygen atoms in total. The third-order valence-electron chi connectivity index (χ3n) is 4.87. The van der Waals surface area contributed by atoms with Gasteiger partial charge in [-0.25, -0.2) is 0 Å². The minimum Gasteiger partial charge on any atom is -0.508 e. The fourth-order valence-corrected chi connectivity index (χ4v) is 3.36. The largest absolute Gasteiger partial charge is 0.508 e. The van der Waals surface area contributed by atoms with Crippen molar-refractivity contribution in [3.05, 3.63) is 60.2 Å². The number of phenolic OH excluding ortho intramolecular Hbond substituents is 1. The molecular weight excluding hydrogens is 330 g/mol. The Morgan fingerprint density at radius 2 is 1.69 bits per heavy atom. The number of piperazine rings is 1. The molecule has 2 aliphatic rings. The van der Waals surface area contributed by atoms with E-state index in [0.717, 1.165) is 24.3 Å². The molecule has 0 aromatic heterocycles. The molecule has 2 aliphatic heterocycles. The zero-order chi connectivity index (χ0) is 17.9. The molecular formula is C20H21N3O3. The molecule has 2 heterocycles. The molecule has 0 radical (unpaired) electrons. The molecule has 6 heteroatoms. The third kappa shape index (κ3) is 3.35. The van der Waals surface area contributed by atoms with Gasteiger partial charge in [0.25, 0.3) is 5.91 Å². The number of anilines is 1. The number of amides is 1. The quantitative estimate of drug-likeness (QED) is 0.923. The number of aromatic hydroxyl groups is 1. The minimum atomic E-state index is -0.173. The summed E-state index contributed by atoms with van der Waals surface area (Å²) in [6.07, 6.45) is 0.342. The molecule has 1 atom stereocenters. The lowest BCUT2D eigenvalue weighted by Crippen LogP contribution is -2.50. The van der Waals surface area contributed by atoms with Crippen LogP contribution in [0.25, 0.3) is 0 Å². The first-order valence-corrected chi connectivity index (χ1v) is 8.81. The van der Waals surface area contributed by atoms with E-state index in [2.05, 4.69) is 10.1 Å². The lowest BCUT2D eigenvalue weighted by molar-refractivity contribution is -0.124. The topological polar surface area (TPSA) is 65.4 Å². The SMILES string of the molecule is O=C(C1=NO[C@H](c2ccccc2)C1)N1CCN(c2ccc(O)cc2)CC1. The number of phenols is 1. The monoisotopic (exact) mass is 351 g/mol. The van der Waals surface area contributed by atoms with Crippen LogP contribution in [0.1, 0.15) is 18.1 Å². The molecule has 1 amide bonds. The maximum absolute atomic E-state index is 12.7. The van der Waals surface area contributed by atoms with E-state index in [1.807, 2.05) is 47.4 Å². The fourth-order valence-electron chi connectivity index (χ4n) is 3.36. The van der Waals surface area contributed by atoms with Crippen LogP contribution >= 0.6 is 0 Å². The predicted octanol–water partition coefficient (Wildman–Crippen LogP) is 2.56. The Balaban J connectivity index is 1.33. The van der Waals surface area contributed by atoms with Gasteiger partial charge in [0.1, 0.15) is 11.5 Å². The summed E-state index contributed by atoms with van der Waals surface area (Å²) in [5.41, 5.74) is 2.59. The van der Waals surface area contributed by atoms with Gasteiger partial charge in [-0.05, 0) is 29.8 Å². The molecule has 0 spiro atoms. The maximum atomic E-state index is 12.7. The Kier molecular flexibility index (Phi) is 4.48. The molecule has 1 N–H and O–H groups in total. The van der Waals surface area contributed by atoms with Gasteiger partial charge >= 0.3 is 0 Å². The molecule has 0 unspecified atom stereocenters. The first-order chi connectivity index (χ1) is 12.7. The number of hydrogen-bond acceptors (Lipinski definition) is 5. The lowest BCUT2D eigenvalue weighted by atomic mass is 10.0. The number of benzene rings is 2. The molecule has 0 saturated carbocycles. The molecule has 134 valence electrons. The zero-order valence-electron chi connectivity index (χ0n) is 14.4. The summed E-state index contributed by atoms with van der Waals surface area (Å²) in [7, 11) is 0. The average molecular weight is 351 g/mol. The zero-order valence-corrected chi connectivity index (χ0v) is 14.4. The van der Waals surface area contributed by atoms with Gasteiger partial charge in [-0.3, -0.25) is 4.79 Å². The van der Waals surface area contributed by atoms with Crippen LogP contribution in [-0.4, -0.2) is 47.8 Å². The van der Waals surface area contributed by atoms with Crippen molar-refractivity contribution in [2.24, 2.45) is 5.16 Å². The highest BCUT2D eigenvalue weighted by Crippen LogP contribution is 2.28. The number of hydrogen-bond donors (Lipinski definition) is 1. The summed E-state index contributed by atoms with van der Waals surface area (Å²) in [5.74, 6) is 0.226. The fraction of sp³-hybridized carbons (Fsp3) is 0.300. The van der Waals surface area contributed by atoms with Crippen LogP contribution in [0.5, 0.6) is 5.75 Å². The summed E-state index contributed by atoms with van der Waals surface area (Å²) in [4.78, 5) is 22.3. The van der Waals surface area contributed by atoms with Gasteiger partial charge in [0.05, 0.1) is 0 Å². The Hall–Kier alpha value is -3.02. The van der Waals surface area contributed by atoms with Crippen molar-refractivity contribution in [1.82, 2.24) is 4.90 Å². The van der Waals surface area contributed by atoms with Gasteiger partial charge in [0.15, 0.2) is 6.10 Å². The molecule has 26 heavy (non-hydrogen) atoms. The van der Waals surface area contributed by atoms with Crippen LogP contribution in [0, 0.1) is 0 Å². The van der Waals surface area contributed by atoms with E-state index >= 15 is 0 Å². The lowest BCUT2D eigenvalue weighted by Gasteiger charge is -2.36. The highest BCUT2D eigenvalue weighted by molar-refractivity contribution is 6.39. The van der Waals surface area contributed by atoms with E-state index in [-0.39, 0.29) is 17.8 Å². The molecule has 0 aliphatic carbocycles. The second-order valence-corrected chi connectivity index (χ2v) is 6.54. The molecule has 2 aromatic carbocycles. The summed E-state index contributed by atoms with van der Waals surface area (Å²) < 4.78 is 0. The second-order valence-electron chi connectivity index (χ2n) is 6.54. The van der Waals surface area contributed by atoms with E-state index in [4.69, 9.17) is 4.84 Å². The summed E-state index contributed by atoms with van der Waals surface area (Å²) in [5, 5.41) is 13.4. The third-order valence-corrected chi connectivity index (χ3v) is 4.87. The Bertz CT molecular complexity index is 797. The van der Waals surface area contributed by atoms with Gasteiger partial charge in [0.2, 0.25) is 0 Å². The van der Waals surface area contributed by atoms with Gasteiger partial charge in [0, 0.05) is 38.3 Å². The molecule has 0 bridgehead atoms. The number of nitrogens with zero attached hydrogens (tertiary/aromatic N) is 3. The van der Waals surface area contributed by atoms with Crippen molar-refractivity contribution in [3.63, 3.8) is 0 Å². The van der Waals surface area contributed by atoms with Crippen molar-refractivity contribution in [3.8, 4) is 5.75 Å². The Labute approximate surface area is 152 Å². The van der Waals surface area contributed by atoms with Gasteiger partial charge in [-0.2, -0.15) is 0 Å². The first kappa shape index (κ1) is 16.4. The van der Waals surface area contributed by atoms with E-state index in [1.54, 1.807) is 12.1 Å². The first-order valence-electron chi connectivity index (χ1n) is 8.81. The maximum Gasteiger partial charge on any atom is 0.271 e. The van der Waals surface area contributed by atoms with Crippen molar-refractivity contribution >= 4 is 17.3 Å². The van der Waals surface area contributed by atoms with Crippen molar-refractivity contribution in [2.75, 3.05) is 31.1 Å². The standard InChI is InChI=1S/C20H21N3O3/c24-17-8-6-16(7-9-17)22-10-12-23(13-11-22)20(25)18-14-19(26-21-18)15-4-2-1-3-5-15/h1-9,19,24H,10-14H2/t19-/m0/s1.